The lowest BCUT2D eigenvalue weighted by atomic mass is 10.1. The van der Waals surface area contributed by atoms with Crippen LogP contribution in [0.4, 0.5) is 0 Å². The molecular weight excluding hydrogens is 322 g/mol. The van der Waals surface area contributed by atoms with E-state index in [-0.39, 0.29) is 0 Å². The van der Waals surface area contributed by atoms with Crippen molar-refractivity contribution in [1.29, 1.82) is 0 Å². The van der Waals surface area contributed by atoms with Crippen LogP contribution in [-0.4, -0.2) is 21.6 Å². The molecule has 4 aromatic rings. The summed E-state index contributed by atoms with van der Waals surface area (Å²) in [5, 5.41) is 1.70. The van der Waals surface area contributed by atoms with Crippen molar-refractivity contribution in [2.45, 2.75) is 13.5 Å². The summed E-state index contributed by atoms with van der Waals surface area (Å²) in [4.78, 5) is 8.89. The minimum absolute atomic E-state index is 0.634. The number of hydrogen-bond acceptors (Lipinski definition) is 3. The zero-order chi connectivity index (χ0) is 16.7. The van der Waals surface area contributed by atoms with Crippen molar-refractivity contribution in [3.63, 3.8) is 0 Å². The van der Waals surface area contributed by atoms with Crippen LogP contribution in [0.25, 0.3) is 21.9 Å². The molecule has 0 atom stereocenters. The van der Waals surface area contributed by atoms with Crippen LogP contribution in [0.15, 0.2) is 48.8 Å². The standard InChI is InChI=1S/C19H16ClN3O/c1-12-10-23(17-5-6-18(24-2)22-19(12)17)11-13-3-4-16-14(7-13)8-15(20)9-21-16/h3-10H,11H2,1-2H3. The summed E-state index contributed by atoms with van der Waals surface area (Å²) in [5.41, 5.74) is 5.34. The highest BCUT2D eigenvalue weighted by molar-refractivity contribution is 6.31. The van der Waals surface area contributed by atoms with Crippen LogP contribution in [0, 0.1) is 6.92 Å². The fourth-order valence-electron chi connectivity index (χ4n) is 3.01. The monoisotopic (exact) mass is 337 g/mol. The van der Waals surface area contributed by atoms with Gasteiger partial charge in [-0.3, -0.25) is 4.98 Å². The number of benzene rings is 1. The van der Waals surface area contributed by atoms with E-state index >= 15 is 0 Å². The lowest BCUT2D eigenvalue weighted by molar-refractivity contribution is 0.399. The Morgan fingerprint density at radius 1 is 1.17 bits per heavy atom. The zero-order valence-corrected chi connectivity index (χ0v) is 14.2. The predicted octanol–water partition coefficient (Wildman–Crippen LogP) is 4.60. The Morgan fingerprint density at radius 2 is 2.04 bits per heavy atom. The summed E-state index contributed by atoms with van der Waals surface area (Å²) in [5.74, 6) is 0.634. The van der Waals surface area contributed by atoms with Crippen LogP contribution in [0.5, 0.6) is 5.88 Å². The molecule has 0 spiro atoms. The Bertz CT molecular complexity index is 1060. The Balaban J connectivity index is 1.76. The van der Waals surface area contributed by atoms with Gasteiger partial charge in [0.05, 0.1) is 28.7 Å². The van der Waals surface area contributed by atoms with Gasteiger partial charge in [-0.05, 0) is 42.3 Å². The molecule has 5 heteroatoms. The number of pyridine rings is 2. The highest BCUT2D eigenvalue weighted by Crippen LogP contribution is 2.24. The van der Waals surface area contributed by atoms with Gasteiger partial charge in [0.1, 0.15) is 0 Å². The topological polar surface area (TPSA) is 39.9 Å². The zero-order valence-electron chi connectivity index (χ0n) is 13.5. The van der Waals surface area contributed by atoms with Gasteiger partial charge >= 0.3 is 0 Å². The molecule has 4 rings (SSSR count). The molecule has 0 fully saturated rings. The molecule has 0 amide bonds. The molecule has 1 aromatic carbocycles. The van der Waals surface area contributed by atoms with Gasteiger partial charge in [-0.2, -0.15) is 0 Å². The number of methoxy groups -OCH3 is 1. The first-order valence-electron chi connectivity index (χ1n) is 7.69. The molecule has 4 nitrogen and oxygen atoms in total. The summed E-state index contributed by atoms with van der Waals surface area (Å²) >= 11 is 6.05. The first-order chi connectivity index (χ1) is 11.6. The van der Waals surface area contributed by atoms with Gasteiger partial charge in [0.25, 0.3) is 0 Å². The maximum absolute atomic E-state index is 6.05. The van der Waals surface area contributed by atoms with Crippen LogP contribution in [0.3, 0.4) is 0 Å². The summed E-state index contributed by atoms with van der Waals surface area (Å²) in [7, 11) is 1.63. The molecule has 120 valence electrons. The molecule has 0 unspecified atom stereocenters. The number of rotatable bonds is 3. The predicted molar refractivity (Wildman–Crippen MR) is 96.9 cm³/mol. The van der Waals surface area contributed by atoms with Gasteiger partial charge in [0.15, 0.2) is 0 Å². The third kappa shape index (κ3) is 2.59. The average Bonchev–Trinajstić information content (AvgIpc) is 2.90. The number of ether oxygens (including phenoxy) is 1. The van der Waals surface area contributed by atoms with Gasteiger partial charge in [0.2, 0.25) is 5.88 Å². The van der Waals surface area contributed by atoms with E-state index in [1.54, 1.807) is 13.3 Å². The maximum atomic E-state index is 6.05. The van der Waals surface area contributed by atoms with Crippen molar-refractivity contribution in [1.82, 2.24) is 14.5 Å². The molecule has 0 aliphatic carbocycles. The quantitative estimate of drug-likeness (QED) is 0.548. The Morgan fingerprint density at radius 3 is 2.88 bits per heavy atom. The Labute approximate surface area is 144 Å². The van der Waals surface area contributed by atoms with E-state index in [0.717, 1.165) is 34.0 Å². The van der Waals surface area contributed by atoms with E-state index in [4.69, 9.17) is 16.3 Å². The second kappa shape index (κ2) is 5.80. The van der Waals surface area contributed by atoms with E-state index in [1.165, 1.54) is 5.56 Å². The van der Waals surface area contributed by atoms with Crippen molar-refractivity contribution in [2.24, 2.45) is 0 Å². The van der Waals surface area contributed by atoms with Gasteiger partial charge in [-0.15, -0.1) is 0 Å². The van der Waals surface area contributed by atoms with Crippen LogP contribution in [-0.2, 0) is 6.54 Å². The molecular formula is C19H16ClN3O. The summed E-state index contributed by atoms with van der Waals surface area (Å²) in [6.45, 7) is 2.83. The summed E-state index contributed by atoms with van der Waals surface area (Å²) in [6.07, 6.45) is 3.79. The molecule has 0 aliphatic heterocycles. The number of aromatic nitrogens is 3. The fourth-order valence-corrected chi connectivity index (χ4v) is 3.18. The highest BCUT2D eigenvalue weighted by atomic mass is 35.5. The minimum atomic E-state index is 0.634. The number of halogens is 1. The number of fused-ring (bicyclic) bond motifs is 2. The fraction of sp³-hybridized carbons (Fsp3) is 0.158. The molecule has 3 aromatic heterocycles. The molecule has 0 N–H and O–H groups in total. The maximum Gasteiger partial charge on any atom is 0.213 e. The molecule has 24 heavy (non-hydrogen) atoms. The second-order valence-electron chi connectivity index (χ2n) is 5.84. The van der Waals surface area contributed by atoms with Crippen molar-refractivity contribution < 1.29 is 4.74 Å². The van der Waals surface area contributed by atoms with Gasteiger partial charge in [0, 0.05) is 30.4 Å². The number of nitrogens with zero attached hydrogens (tertiary/aromatic N) is 3. The average molecular weight is 338 g/mol. The summed E-state index contributed by atoms with van der Waals surface area (Å²) < 4.78 is 7.43. The highest BCUT2D eigenvalue weighted by Gasteiger charge is 2.09. The molecule has 0 bridgehead atoms. The second-order valence-corrected chi connectivity index (χ2v) is 6.28. The van der Waals surface area contributed by atoms with Crippen LogP contribution < -0.4 is 4.74 Å². The first-order valence-corrected chi connectivity index (χ1v) is 8.06. The van der Waals surface area contributed by atoms with Crippen LogP contribution >= 0.6 is 11.6 Å². The first kappa shape index (κ1) is 15.0. The third-order valence-electron chi connectivity index (χ3n) is 4.16. The van der Waals surface area contributed by atoms with E-state index in [2.05, 4.69) is 39.8 Å². The van der Waals surface area contributed by atoms with Crippen molar-refractivity contribution in [3.8, 4) is 5.88 Å². The normalized spacial score (nSPS) is 11.3. The smallest absolute Gasteiger partial charge is 0.213 e. The third-order valence-corrected chi connectivity index (χ3v) is 4.36. The summed E-state index contributed by atoms with van der Waals surface area (Å²) in [6, 6.07) is 12.1. The number of hydrogen-bond donors (Lipinski definition) is 0. The van der Waals surface area contributed by atoms with E-state index in [1.807, 2.05) is 24.3 Å². The Kier molecular flexibility index (Phi) is 3.62. The SMILES string of the molecule is COc1ccc2c(n1)c(C)cn2Cc1ccc2ncc(Cl)cc2c1. The van der Waals surface area contributed by atoms with Crippen molar-refractivity contribution in [2.75, 3.05) is 7.11 Å². The van der Waals surface area contributed by atoms with Gasteiger partial charge in [-0.1, -0.05) is 17.7 Å². The lowest BCUT2D eigenvalue weighted by Gasteiger charge is -2.07. The molecule has 0 radical (unpaired) electrons. The van der Waals surface area contributed by atoms with Crippen molar-refractivity contribution in [3.05, 3.63) is 64.9 Å². The molecule has 0 saturated carbocycles. The van der Waals surface area contributed by atoms with E-state index in [0.29, 0.717) is 10.9 Å². The minimum Gasteiger partial charge on any atom is -0.481 e. The number of aryl methyl sites for hydroxylation is 1. The van der Waals surface area contributed by atoms with Gasteiger partial charge in [-0.25, -0.2) is 4.98 Å². The van der Waals surface area contributed by atoms with Crippen molar-refractivity contribution >= 4 is 33.5 Å². The van der Waals surface area contributed by atoms with Crippen LogP contribution in [0.2, 0.25) is 5.02 Å². The van der Waals surface area contributed by atoms with Gasteiger partial charge < -0.3 is 9.30 Å². The molecule has 0 aliphatic rings. The van der Waals surface area contributed by atoms with Crippen LogP contribution in [0.1, 0.15) is 11.1 Å². The molecule has 0 saturated heterocycles. The molecule has 3 heterocycles. The Hall–Kier alpha value is -2.59. The van der Waals surface area contributed by atoms with E-state index < -0.39 is 0 Å². The van der Waals surface area contributed by atoms with E-state index in [9.17, 15) is 0 Å². The lowest BCUT2D eigenvalue weighted by Crippen LogP contribution is -1.98. The largest absolute Gasteiger partial charge is 0.481 e.